The van der Waals surface area contributed by atoms with Crippen LogP contribution in [0, 0.1) is 13.8 Å². The molecule has 278 valence electrons. The van der Waals surface area contributed by atoms with E-state index in [0.717, 1.165) is 45.4 Å². The number of nitrogens with one attached hydrogen (secondary N) is 2. The van der Waals surface area contributed by atoms with Gasteiger partial charge in [0, 0.05) is 19.0 Å². The molecular formula is C42H46N2O8S. The Morgan fingerprint density at radius 2 is 1.42 bits per heavy atom. The lowest BCUT2D eigenvalue weighted by Gasteiger charge is -2.23. The van der Waals surface area contributed by atoms with Crippen LogP contribution in [0.1, 0.15) is 40.8 Å². The molecule has 5 aromatic rings. The number of benzene rings is 5. The van der Waals surface area contributed by atoms with Gasteiger partial charge in [-0.2, -0.15) is 0 Å². The van der Waals surface area contributed by atoms with E-state index >= 15 is 0 Å². The quantitative estimate of drug-likeness (QED) is 0.0694. The van der Waals surface area contributed by atoms with Crippen LogP contribution < -0.4 is 24.2 Å². The second kappa shape index (κ2) is 17.9. The Balaban J connectivity index is 1.15. The molecule has 10 nitrogen and oxygen atoms in total. The number of rotatable bonds is 18. The van der Waals surface area contributed by atoms with Crippen LogP contribution in [-0.4, -0.2) is 56.2 Å². The maximum absolute atomic E-state index is 12.1. The topological polar surface area (TPSA) is 143 Å². The summed E-state index contributed by atoms with van der Waals surface area (Å²) in [6.07, 6.45) is -0.604. The monoisotopic (exact) mass is 738 g/mol. The fraction of sp³-hybridized carbons (Fsp3) is 0.262. The lowest BCUT2D eigenvalue weighted by atomic mass is 9.99. The number of aliphatic hydroxyl groups is 1. The van der Waals surface area contributed by atoms with E-state index in [1.165, 1.54) is 0 Å². The van der Waals surface area contributed by atoms with Crippen molar-refractivity contribution in [1.29, 1.82) is 0 Å². The third-order valence-corrected chi connectivity index (χ3v) is 9.22. The van der Waals surface area contributed by atoms with Crippen molar-refractivity contribution >= 4 is 21.7 Å². The molecule has 0 heterocycles. The van der Waals surface area contributed by atoms with Crippen molar-refractivity contribution in [3.63, 3.8) is 0 Å². The van der Waals surface area contributed by atoms with Gasteiger partial charge in [-0.15, -0.1) is 0 Å². The molecule has 0 fully saturated rings. The van der Waals surface area contributed by atoms with Crippen molar-refractivity contribution < 1.29 is 37.6 Å². The standard InChI is InChI=1S/C42H46N2O8S/c1-28-23-35(33-15-18-36(19-16-33)52-39(42(46)47)25-31-11-7-5-8-12-31)24-29(2)41(28)50-22-21-43-30(3)40(45)34-17-20-38(37(26-34)44-53(4,48)49)51-27-32-13-9-6-10-14-32/h5-20,23-24,26,30,39-40,43-45H,21-22,25,27H2,1-4H3,(H,46,47)/t30-,39?,40+/m0/s1. The average molecular weight is 739 g/mol. The fourth-order valence-electron chi connectivity index (χ4n) is 5.95. The van der Waals surface area contributed by atoms with Gasteiger partial charge in [0.25, 0.3) is 0 Å². The van der Waals surface area contributed by atoms with Crippen molar-refractivity contribution in [2.45, 2.75) is 52.0 Å². The molecule has 11 heteroatoms. The summed E-state index contributed by atoms with van der Waals surface area (Å²) in [6, 6.07) is 35.0. The Kier molecular flexibility index (Phi) is 13.1. The fourth-order valence-corrected chi connectivity index (χ4v) is 6.51. The third kappa shape index (κ3) is 11.3. The highest BCUT2D eigenvalue weighted by Gasteiger charge is 2.21. The summed E-state index contributed by atoms with van der Waals surface area (Å²) in [5.41, 5.74) is 6.48. The van der Waals surface area contributed by atoms with Crippen LogP contribution in [0.5, 0.6) is 17.2 Å². The SMILES string of the molecule is Cc1cc(-c2ccc(OC(Cc3ccccc3)C(=O)O)cc2)cc(C)c1OCCN[C@@H](C)[C@@H](O)c1ccc(OCc2ccccc2)c(NS(C)(=O)=O)c1. The molecular weight excluding hydrogens is 693 g/mol. The van der Waals surface area contributed by atoms with Gasteiger partial charge >= 0.3 is 5.97 Å². The van der Waals surface area contributed by atoms with Gasteiger partial charge in [0.2, 0.25) is 10.0 Å². The Morgan fingerprint density at radius 3 is 2.02 bits per heavy atom. The minimum Gasteiger partial charge on any atom is -0.492 e. The van der Waals surface area contributed by atoms with Crippen LogP contribution >= 0.6 is 0 Å². The van der Waals surface area contributed by atoms with Gasteiger partial charge in [0.05, 0.1) is 18.0 Å². The molecule has 0 amide bonds. The third-order valence-electron chi connectivity index (χ3n) is 8.63. The molecule has 0 aromatic heterocycles. The lowest BCUT2D eigenvalue weighted by Crippen LogP contribution is -2.35. The van der Waals surface area contributed by atoms with E-state index in [1.807, 2.05) is 106 Å². The van der Waals surface area contributed by atoms with Crippen molar-refractivity contribution in [1.82, 2.24) is 5.32 Å². The molecule has 0 aliphatic heterocycles. The number of carboxylic acid groups (broad SMARTS) is 1. The molecule has 0 bridgehead atoms. The number of hydrogen-bond donors (Lipinski definition) is 4. The molecule has 0 aliphatic rings. The van der Waals surface area contributed by atoms with Crippen LogP contribution in [-0.2, 0) is 27.8 Å². The second-order valence-electron chi connectivity index (χ2n) is 13.0. The first kappa shape index (κ1) is 38.9. The first-order chi connectivity index (χ1) is 25.4. The highest BCUT2D eigenvalue weighted by atomic mass is 32.2. The van der Waals surface area contributed by atoms with Gasteiger partial charge in [-0.25, -0.2) is 13.2 Å². The Bertz CT molecular complexity index is 2050. The summed E-state index contributed by atoms with van der Waals surface area (Å²) in [6.45, 7) is 6.88. The van der Waals surface area contributed by atoms with E-state index in [1.54, 1.807) is 30.3 Å². The van der Waals surface area contributed by atoms with Crippen molar-refractivity contribution in [2.75, 3.05) is 24.1 Å². The smallest absolute Gasteiger partial charge is 0.345 e. The number of aliphatic hydroxyl groups excluding tert-OH is 1. The molecule has 5 rings (SSSR count). The van der Waals surface area contributed by atoms with E-state index < -0.39 is 28.2 Å². The zero-order valence-corrected chi connectivity index (χ0v) is 31.1. The maximum atomic E-state index is 12.1. The summed E-state index contributed by atoms with van der Waals surface area (Å²) >= 11 is 0. The summed E-state index contributed by atoms with van der Waals surface area (Å²) in [4.78, 5) is 11.9. The number of aryl methyl sites for hydroxylation is 2. The Labute approximate surface area is 311 Å². The molecule has 0 saturated heterocycles. The molecule has 0 radical (unpaired) electrons. The van der Waals surface area contributed by atoms with Crippen LogP contribution in [0.2, 0.25) is 0 Å². The zero-order chi connectivity index (χ0) is 38.0. The van der Waals surface area contributed by atoms with Crippen LogP contribution in [0.4, 0.5) is 5.69 Å². The number of sulfonamides is 1. The predicted octanol–water partition coefficient (Wildman–Crippen LogP) is 7.09. The largest absolute Gasteiger partial charge is 0.492 e. The molecule has 5 aromatic carbocycles. The van der Waals surface area contributed by atoms with Gasteiger partial charge < -0.3 is 29.7 Å². The van der Waals surface area contributed by atoms with Gasteiger partial charge in [0.1, 0.15) is 30.5 Å². The van der Waals surface area contributed by atoms with Gasteiger partial charge in [0.15, 0.2) is 6.10 Å². The van der Waals surface area contributed by atoms with Crippen molar-refractivity contribution in [3.8, 4) is 28.4 Å². The maximum Gasteiger partial charge on any atom is 0.345 e. The van der Waals surface area contributed by atoms with Crippen LogP contribution in [0.3, 0.4) is 0 Å². The summed E-state index contributed by atoms with van der Waals surface area (Å²) in [5.74, 6) is 0.592. The average Bonchev–Trinajstić information content (AvgIpc) is 3.13. The second-order valence-corrected chi connectivity index (χ2v) is 14.8. The van der Waals surface area contributed by atoms with Crippen molar-refractivity contribution in [2.24, 2.45) is 0 Å². The summed E-state index contributed by atoms with van der Waals surface area (Å²) in [7, 11) is -3.60. The lowest BCUT2D eigenvalue weighted by molar-refractivity contribution is -0.145. The summed E-state index contributed by atoms with van der Waals surface area (Å²) < 4.78 is 44.6. The Hall–Kier alpha value is -5.36. The molecule has 1 unspecified atom stereocenters. The minimum absolute atomic E-state index is 0.250. The van der Waals surface area contributed by atoms with E-state index in [2.05, 4.69) is 10.0 Å². The number of aliphatic carboxylic acids is 1. The summed E-state index contributed by atoms with van der Waals surface area (Å²) in [5, 5.41) is 24.2. The van der Waals surface area contributed by atoms with Crippen LogP contribution in [0.25, 0.3) is 11.1 Å². The first-order valence-electron chi connectivity index (χ1n) is 17.3. The molecule has 0 aliphatic carbocycles. The molecule has 4 N–H and O–H groups in total. The minimum atomic E-state index is -3.60. The van der Waals surface area contributed by atoms with E-state index in [0.29, 0.717) is 30.2 Å². The Morgan fingerprint density at radius 1 is 0.792 bits per heavy atom. The zero-order valence-electron chi connectivity index (χ0n) is 30.3. The molecule has 53 heavy (non-hydrogen) atoms. The molecule has 0 saturated carbocycles. The van der Waals surface area contributed by atoms with Crippen LogP contribution in [0.15, 0.2) is 115 Å². The first-order valence-corrected chi connectivity index (χ1v) is 19.2. The van der Waals surface area contributed by atoms with Gasteiger partial charge in [-0.1, -0.05) is 78.9 Å². The molecule has 3 atom stereocenters. The van der Waals surface area contributed by atoms with E-state index in [-0.39, 0.29) is 24.8 Å². The number of anilines is 1. The highest BCUT2D eigenvalue weighted by molar-refractivity contribution is 7.92. The number of carbonyl (C=O) groups is 1. The van der Waals surface area contributed by atoms with Gasteiger partial charge in [-0.3, -0.25) is 4.72 Å². The predicted molar refractivity (Wildman–Crippen MR) is 207 cm³/mol. The molecule has 0 spiro atoms. The van der Waals surface area contributed by atoms with E-state index in [4.69, 9.17) is 14.2 Å². The van der Waals surface area contributed by atoms with Crippen molar-refractivity contribution in [3.05, 3.63) is 143 Å². The van der Waals surface area contributed by atoms with Gasteiger partial charge in [-0.05, 0) is 96.1 Å². The van der Waals surface area contributed by atoms with E-state index in [9.17, 15) is 23.4 Å². The highest BCUT2D eigenvalue weighted by Crippen LogP contribution is 2.33. The number of ether oxygens (including phenoxy) is 3. The number of carboxylic acids is 1. The number of hydrogen-bond acceptors (Lipinski definition) is 8. The normalized spacial score (nSPS) is 13.1.